The number of hydrogen-bond acceptors (Lipinski definition) is 3. The number of esters is 1. The van der Waals surface area contributed by atoms with Crippen molar-refractivity contribution in [2.24, 2.45) is 5.92 Å². The molecule has 0 fully saturated rings. The summed E-state index contributed by atoms with van der Waals surface area (Å²) >= 11 is 3.20. The second-order valence-corrected chi connectivity index (χ2v) is 5.96. The van der Waals surface area contributed by atoms with Crippen molar-refractivity contribution >= 4 is 21.9 Å². The molecule has 0 N–H and O–H groups in total. The minimum absolute atomic E-state index is 0.223. The Kier molecular flexibility index (Phi) is 5.79. The number of aromatic nitrogens is 1. The first-order valence-corrected chi connectivity index (χ1v) is 7.17. The van der Waals surface area contributed by atoms with Gasteiger partial charge in [0.05, 0.1) is 11.1 Å². The molecule has 0 aliphatic heterocycles. The van der Waals surface area contributed by atoms with Gasteiger partial charge in [0, 0.05) is 6.20 Å². The van der Waals surface area contributed by atoms with Crippen molar-refractivity contribution in [3.05, 3.63) is 32.7 Å². The topological polar surface area (TPSA) is 48.3 Å². The molecule has 5 heteroatoms. The lowest BCUT2D eigenvalue weighted by Crippen LogP contribution is -2.29. The second-order valence-electron chi connectivity index (χ2n) is 5.10. The van der Waals surface area contributed by atoms with Crippen molar-refractivity contribution in [3.63, 3.8) is 0 Å². The predicted molar refractivity (Wildman–Crippen MR) is 78.3 cm³/mol. The van der Waals surface area contributed by atoms with E-state index in [1.165, 1.54) is 4.57 Å². The Balaban J connectivity index is 2.80. The summed E-state index contributed by atoms with van der Waals surface area (Å²) in [6.45, 7) is 8.07. The van der Waals surface area contributed by atoms with Gasteiger partial charge in [0.2, 0.25) is 0 Å². The lowest BCUT2D eigenvalue weighted by Gasteiger charge is -2.16. The maximum absolute atomic E-state index is 12.0. The number of pyridine rings is 1. The zero-order chi connectivity index (χ0) is 14.6. The van der Waals surface area contributed by atoms with Crippen LogP contribution in [-0.2, 0) is 9.53 Å². The average Bonchev–Trinajstić information content (AvgIpc) is 2.32. The molecule has 1 heterocycles. The number of carbonyl (C=O) groups excluding carboxylic acids is 1. The molecule has 19 heavy (non-hydrogen) atoms. The van der Waals surface area contributed by atoms with E-state index in [2.05, 4.69) is 29.8 Å². The molecule has 0 aliphatic carbocycles. The van der Waals surface area contributed by atoms with Gasteiger partial charge in [-0.05, 0) is 53.7 Å². The number of nitrogens with zero attached hydrogens (tertiary/aromatic N) is 1. The molecular weight excluding hydrogens is 310 g/mol. The summed E-state index contributed by atoms with van der Waals surface area (Å²) < 4.78 is 7.04. The molecule has 4 nitrogen and oxygen atoms in total. The van der Waals surface area contributed by atoms with Crippen LogP contribution >= 0.6 is 15.9 Å². The van der Waals surface area contributed by atoms with Crippen LogP contribution in [0.15, 0.2) is 21.5 Å². The SMILES string of the molecule is Cc1cc(Br)c(=O)n(C(C)C(=O)OCCC(C)C)c1. The summed E-state index contributed by atoms with van der Waals surface area (Å²) in [6.07, 6.45) is 2.49. The predicted octanol–water partition coefficient (Wildman–Crippen LogP) is 3.07. The van der Waals surface area contributed by atoms with E-state index < -0.39 is 6.04 Å². The van der Waals surface area contributed by atoms with Gasteiger partial charge >= 0.3 is 5.97 Å². The third-order valence-corrected chi connectivity index (χ3v) is 3.40. The van der Waals surface area contributed by atoms with Gasteiger partial charge in [0.1, 0.15) is 6.04 Å². The van der Waals surface area contributed by atoms with Crippen molar-refractivity contribution in [1.82, 2.24) is 4.57 Å². The minimum Gasteiger partial charge on any atom is -0.464 e. The molecule has 1 rings (SSSR count). The van der Waals surface area contributed by atoms with E-state index in [9.17, 15) is 9.59 Å². The first kappa shape index (κ1) is 16.0. The van der Waals surface area contributed by atoms with Crippen molar-refractivity contribution in [2.75, 3.05) is 6.61 Å². The molecule has 0 saturated carbocycles. The molecule has 1 aromatic rings. The quantitative estimate of drug-likeness (QED) is 0.780. The van der Waals surface area contributed by atoms with Crippen LogP contribution in [0, 0.1) is 12.8 Å². The highest BCUT2D eigenvalue weighted by Crippen LogP contribution is 2.12. The first-order valence-electron chi connectivity index (χ1n) is 6.38. The molecular formula is C14H20BrNO3. The number of hydrogen-bond donors (Lipinski definition) is 0. The molecule has 0 saturated heterocycles. The van der Waals surface area contributed by atoms with Crippen molar-refractivity contribution in [3.8, 4) is 0 Å². The lowest BCUT2D eigenvalue weighted by atomic mass is 10.1. The molecule has 0 amide bonds. The van der Waals surface area contributed by atoms with Crippen molar-refractivity contribution < 1.29 is 9.53 Å². The summed E-state index contributed by atoms with van der Waals surface area (Å²) in [6, 6.07) is 1.12. The van der Waals surface area contributed by atoms with E-state index in [0.29, 0.717) is 17.0 Å². The summed E-state index contributed by atoms with van der Waals surface area (Å²) in [4.78, 5) is 23.9. The highest BCUT2D eigenvalue weighted by atomic mass is 79.9. The van der Waals surface area contributed by atoms with E-state index in [0.717, 1.165) is 12.0 Å². The van der Waals surface area contributed by atoms with Crippen LogP contribution in [0.3, 0.4) is 0 Å². The van der Waals surface area contributed by atoms with Crippen LogP contribution in [0.5, 0.6) is 0 Å². The maximum atomic E-state index is 12.0. The normalized spacial score (nSPS) is 12.5. The standard InChI is InChI=1S/C14H20BrNO3/c1-9(2)5-6-19-14(18)11(4)16-8-10(3)7-12(15)13(16)17/h7-9,11H,5-6H2,1-4H3. The van der Waals surface area contributed by atoms with Gasteiger partial charge in [-0.15, -0.1) is 0 Å². The van der Waals surface area contributed by atoms with Gasteiger partial charge in [0.15, 0.2) is 0 Å². The summed E-state index contributed by atoms with van der Waals surface area (Å²) in [7, 11) is 0. The van der Waals surface area contributed by atoms with Crippen LogP contribution in [0.1, 0.15) is 38.8 Å². The highest BCUT2D eigenvalue weighted by Gasteiger charge is 2.18. The Morgan fingerprint density at radius 3 is 2.63 bits per heavy atom. The fourth-order valence-electron chi connectivity index (χ4n) is 1.62. The lowest BCUT2D eigenvalue weighted by molar-refractivity contribution is -0.147. The number of halogens is 1. The fourth-order valence-corrected chi connectivity index (χ4v) is 2.18. The Bertz CT molecular complexity index is 508. The van der Waals surface area contributed by atoms with E-state index in [1.807, 2.05) is 6.92 Å². The Morgan fingerprint density at radius 1 is 1.42 bits per heavy atom. The van der Waals surface area contributed by atoms with Crippen LogP contribution < -0.4 is 5.56 Å². The summed E-state index contributed by atoms with van der Waals surface area (Å²) in [5.41, 5.74) is 0.687. The van der Waals surface area contributed by atoms with Gasteiger partial charge in [0.25, 0.3) is 5.56 Å². The number of ether oxygens (including phenoxy) is 1. The molecule has 0 bridgehead atoms. The summed E-state index contributed by atoms with van der Waals surface area (Å²) in [5, 5.41) is 0. The fraction of sp³-hybridized carbons (Fsp3) is 0.571. The van der Waals surface area contributed by atoms with Crippen LogP contribution in [0.4, 0.5) is 0 Å². The molecule has 1 unspecified atom stereocenters. The van der Waals surface area contributed by atoms with Crippen molar-refractivity contribution in [2.45, 2.75) is 40.2 Å². The van der Waals surface area contributed by atoms with Crippen LogP contribution in [-0.4, -0.2) is 17.1 Å². The van der Waals surface area contributed by atoms with Crippen LogP contribution in [0.25, 0.3) is 0 Å². The minimum atomic E-state index is -0.615. The second kappa shape index (κ2) is 6.89. The smallest absolute Gasteiger partial charge is 0.328 e. The summed E-state index contributed by atoms with van der Waals surface area (Å²) in [5.74, 6) is 0.110. The number of carbonyl (C=O) groups is 1. The largest absolute Gasteiger partial charge is 0.464 e. The average molecular weight is 330 g/mol. The van der Waals surface area contributed by atoms with Gasteiger partial charge in [-0.25, -0.2) is 4.79 Å². The third kappa shape index (κ3) is 4.49. The Labute approximate surface area is 121 Å². The molecule has 1 aromatic heterocycles. The molecule has 0 spiro atoms. The van der Waals surface area contributed by atoms with E-state index in [1.54, 1.807) is 19.2 Å². The molecule has 0 aromatic carbocycles. The number of rotatable bonds is 5. The van der Waals surface area contributed by atoms with Crippen LogP contribution in [0.2, 0.25) is 0 Å². The third-order valence-electron chi connectivity index (χ3n) is 2.83. The van der Waals surface area contributed by atoms with Gasteiger partial charge < -0.3 is 9.30 Å². The molecule has 0 radical (unpaired) electrons. The van der Waals surface area contributed by atoms with E-state index >= 15 is 0 Å². The highest BCUT2D eigenvalue weighted by molar-refractivity contribution is 9.10. The van der Waals surface area contributed by atoms with Gasteiger partial charge in [-0.2, -0.15) is 0 Å². The monoisotopic (exact) mass is 329 g/mol. The maximum Gasteiger partial charge on any atom is 0.328 e. The zero-order valence-corrected chi connectivity index (χ0v) is 13.4. The first-order chi connectivity index (χ1) is 8.82. The van der Waals surface area contributed by atoms with Gasteiger partial charge in [-0.3, -0.25) is 4.79 Å². The molecule has 1 atom stereocenters. The molecule has 0 aliphatic rings. The molecule has 106 valence electrons. The zero-order valence-electron chi connectivity index (χ0n) is 11.8. The Hall–Kier alpha value is -1.10. The number of aryl methyl sites for hydroxylation is 1. The van der Waals surface area contributed by atoms with E-state index in [4.69, 9.17) is 4.74 Å². The Morgan fingerprint density at radius 2 is 2.05 bits per heavy atom. The van der Waals surface area contributed by atoms with Crippen molar-refractivity contribution in [1.29, 1.82) is 0 Å². The van der Waals surface area contributed by atoms with Gasteiger partial charge in [-0.1, -0.05) is 13.8 Å². The van der Waals surface area contributed by atoms with E-state index in [-0.39, 0.29) is 11.5 Å².